The Morgan fingerprint density at radius 1 is 1.35 bits per heavy atom. The molecule has 0 aliphatic rings. The second-order valence-corrected chi connectivity index (χ2v) is 5.16. The van der Waals surface area contributed by atoms with Crippen molar-refractivity contribution in [3.63, 3.8) is 0 Å². The van der Waals surface area contributed by atoms with Crippen molar-refractivity contribution < 1.29 is 4.79 Å². The van der Waals surface area contributed by atoms with Crippen molar-refractivity contribution in [2.45, 2.75) is 20.3 Å². The summed E-state index contributed by atoms with van der Waals surface area (Å²) in [5, 5.41) is 5.39. The fourth-order valence-electron chi connectivity index (χ4n) is 2.35. The third-order valence-corrected chi connectivity index (χ3v) is 3.65. The first-order valence-electron chi connectivity index (χ1n) is 7.36. The molecule has 0 unspecified atom stereocenters. The van der Waals surface area contributed by atoms with Crippen molar-refractivity contribution in [1.82, 2.24) is 15.3 Å². The van der Waals surface area contributed by atoms with E-state index in [1.165, 1.54) is 11.8 Å². The number of anilines is 1. The first kappa shape index (κ1) is 17.0. The van der Waals surface area contributed by atoms with Gasteiger partial charge >= 0.3 is 6.03 Å². The maximum Gasteiger partial charge on any atom is 0.319 e. The molecule has 1 heterocycles. The molecule has 5 nitrogen and oxygen atoms in total. The molecule has 1 aromatic carbocycles. The summed E-state index contributed by atoms with van der Waals surface area (Å²) < 4.78 is 0. The van der Waals surface area contributed by atoms with Crippen LogP contribution in [0, 0.1) is 0 Å². The molecule has 0 aliphatic carbocycles. The van der Waals surface area contributed by atoms with Crippen molar-refractivity contribution in [2.75, 3.05) is 12.4 Å². The molecule has 2 rings (SSSR count). The van der Waals surface area contributed by atoms with E-state index >= 15 is 0 Å². The normalized spacial score (nSPS) is 11.2. The number of carbonyl (C=O) groups excluding carboxylic acids is 1. The number of nitrogens with zero attached hydrogens (tertiary/aromatic N) is 2. The summed E-state index contributed by atoms with van der Waals surface area (Å²) in [5.74, 6) is 0. The molecule has 0 saturated carbocycles. The molecule has 2 N–H and O–H groups in total. The molecule has 0 fully saturated rings. The van der Waals surface area contributed by atoms with Gasteiger partial charge in [-0.3, -0.25) is 0 Å². The maximum absolute atomic E-state index is 11.7. The van der Waals surface area contributed by atoms with Gasteiger partial charge in [-0.05, 0) is 36.1 Å². The second kappa shape index (κ2) is 7.74. The number of nitrogens with one attached hydrogen (secondary N) is 2. The number of allylic oxidation sites excluding steroid dienone is 1. The molecule has 0 aliphatic heterocycles. The first-order valence-corrected chi connectivity index (χ1v) is 7.74. The van der Waals surface area contributed by atoms with Gasteiger partial charge in [0.25, 0.3) is 0 Å². The lowest BCUT2D eigenvalue weighted by Gasteiger charge is -2.15. The molecule has 6 heteroatoms. The van der Waals surface area contributed by atoms with Crippen LogP contribution in [-0.2, 0) is 6.42 Å². The van der Waals surface area contributed by atoms with E-state index in [0.717, 1.165) is 17.6 Å². The number of halogens is 1. The molecule has 23 heavy (non-hydrogen) atoms. The highest BCUT2D eigenvalue weighted by atomic mass is 35.5. The van der Waals surface area contributed by atoms with E-state index in [1.807, 2.05) is 31.2 Å². The van der Waals surface area contributed by atoms with Gasteiger partial charge in [0.1, 0.15) is 0 Å². The average Bonchev–Trinajstić information content (AvgIpc) is 2.58. The molecular formula is C17H19ClN4O. The molecule has 0 radical (unpaired) electrons. The van der Waals surface area contributed by atoms with Gasteiger partial charge in [-0.2, -0.15) is 0 Å². The van der Waals surface area contributed by atoms with Gasteiger partial charge in [-0.1, -0.05) is 37.3 Å². The lowest BCUT2D eigenvalue weighted by Crippen LogP contribution is -2.25. The molecule has 0 atom stereocenters. The van der Waals surface area contributed by atoms with Crippen LogP contribution in [0.4, 0.5) is 10.5 Å². The summed E-state index contributed by atoms with van der Waals surface area (Å²) in [4.78, 5) is 20.0. The predicted molar refractivity (Wildman–Crippen MR) is 93.7 cm³/mol. The Kier molecular flexibility index (Phi) is 5.71. The minimum atomic E-state index is -0.337. The SMILES string of the molecule is C/C=C(\c1ccccc1CC)c1nc(Cl)ncc1NC(=O)NC. The Hall–Kier alpha value is -2.40. The zero-order valence-electron chi connectivity index (χ0n) is 13.4. The van der Waals surface area contributed by atoms with Crippen LogP contribution in [0.1, 0.15) is 30.7 Å². The van der Waals surface area contributed by atoms with Crippen molar-refractivity contribution in [2.24, 2.45) is 0 Å². The minimum Gasteiger partial charge on any atom is -0.341 e. The average molecular weight is 331 g/mol. The van der Waals surface area contributed by atoms with Gasteiger partial charge in [-0.15, -0.1) is 0 Å². The summed E-state index contributed by atoms with van der Waals surface area (Å²) in [5.41, 5.74) is 4.26. The van der Waals surface area contributed by atoms with Crippen LogP contribution in [-0.4, -0.2) is 23.0 Å². The Labute approximate surface area is 140 Å². The maximum atomic E-state index is 11.7. The van der Waals surface area contributed by atoms with E-state index < -0.39 is 0 Å². The van der Waals surface area contributed by atoms with Gasteiger partial charge in [0, 0.05) is 12.6 Å². The second-order valence-electron chi connectivity index (χ2n) is 4.82. The molecule has 1 aromatic heterocycles. The standard InChI is InChI=1S/C17H19ClN4O/c1-4-11-8-6-7-9-13(11)12(5-2)15-14(21-17(23)19-3)10-20-16(18)22-15/h5-10H,4H2,1-3H3,(H2,19,21,23)/b12-5+. The molecule has 120 valence electrons. The Morgan fingerprint density at radius 3 is 2.74 bits per heavy atom. The van der Waals surface area contributed by atoms with Gasteiger partial charge in [-0.25, -0.2) is 14.8 Å². The highest BCUT2D eigenvalue weighted by Crippen LogP contribution is 2.30. The fraction of sp³-hybridized carbons (Fsp3) is 0.235. The number of benzene rings is 1. The monoisotopic (exact) mass is 330 g/mol. The van der Waals surface area contributed by atoms with Crippen LogP contribution in [0.5, 0.6) is 0 Å². The summed E-state index contributed by atoms with van der Waals surface area (Å²) in [6.07, 6.45) is 4.37. The van der Waals surface area contributed by atoms with Crippen LogP contribution >= 0.6 is 11.6 Å². The van der Waals surface area contributed by atoms with Crippen LogP contribution in [0.2, 0.25) is 5.28 Å². The molecule has 0 spiro atoms. The van der Waals surface area contributed by atoms with Crippen molar-refractivity contribution in [3.05, 3.63) is 58.6 Å². The van der Waals surface area contributed by atoms with Crippen molar-refractivity contribution >= 4 is 28.9 Å². The summed E-state index contributed by atoms with van der Waals surface area (Å²) in [6.45, 7) is 4.03. The number of aromatic nitrogens is 2. The minimum absolute atomic E-state index is 0.135. The van der Waals surface area contributed by atoms with Gasteiger partial charge in [0.15, 0.2) is 0 Å². The molecule has 0 saturated heterocycles. The summed E-state index contributed by atoms with van der Waals surface area (Å²) in [6, 6.07) is 7.76. The third kappa shape index (κ3) is 3.87. The van der Waals surface area contributed by atoms with Crippen molar-refractivity contribution in [1.29, 1.82) is 0 Å². The lowest BCUT2D eigenvalue weighted by atomic mass is 9.95. The highest BCUT2D eigenvalue weighted by Gasteiger charge is 2.16. The summed E-state index contributed by atoms with van der Waals surface area (Å²) in [7, 11) is 1.55. The number of amides is 2. The molecule has 2 aromatic rings. The highest BCUT2D eigenvalue weighted by molar-refractivity contribution is 6.28. The third-order valence-electron chi connectivity index (χ3n) is 3.47. The Morgan fingerprint density at radius 2 is 2.09 bits per heavy atom. The largest absolute Gasteiger partial charge is 0.341 e. The van der Waals surface area contributed by atoms with Gasteiger partial charge in [0.2, 0.25) is 5.28 Å². The number of hydrogen-bond acceptors (Lipinski definition) is 3. The number of aryl methyl sites for hydroxylation is 1. The van der Waals surface area contributed by atoms with Crippen LogP contribution < -0.4 is 10.6 Å². The van der Waals surface area contributed by atoms with E-state index in [-0.39, 0.29) is 11.3 Å². The van der Waals surface area contributed by atoms with E-state index in [4.69, 9.17) is 11.6 Å². The molecular weight excluding hydrogens is 312 g/mol. The number of carbonyl (C=O) groups is 1. The Bertz CT molecular complexity index is 743. The zero-order chi connectivity index (χ0) is 16.8. The quantitative estimate of drug-likeness (QED) is 0.836. The smallest absolute Gasteiger partial charge is 0.319 e. The van der Waals surface area contributed by atoms with E-state index in [9.17, 15) is 4.79 Å². The van der Waals surface area contributed by atoms with Crippen molar-refractivity contribution in [3.8, 4) is 0 Å². The lowest BCUT2D eigenvalue weighted by molar-refractivity contribution is 0.254. The van der Waals surface area contributed by atoms with E-state index in [2.05, 4.69) is 33.6 Å². The molecule has 0 bridgehead atoms. The topological polar surface area (TPSA) is 66.9 Å². The number of urea groups is 1. The zero-order valence-corrected chi connectivity index (χ0v) is 14.1. The van der Waals surface area contributed by atoms with Crippen LogP contribution in [0.25, 0.3) is 5.57 Å². The van der Waals surface area contributed by atoms with Gasteiger partial charge < -0.3 is 10.6 Å². The van der Waals surface area contributed by atoms with Crippen LogP contribution in [0.15, 0.2) is 36.5 Å². The fourth-order valence-corrected chi connectivity index (χ4v) is 2.49. The predicted octanol–water partition coefficient (Wildman–Crippen LogP) is 3.90. The number of rotatable bonds is 4. The summed E-state index contributed by atoms with van der Waals surface area (Å²) >= 11 is 5.97. The first-order chi connectivity index (χ1) is 11.1. The van der Waals surface area contributed by atoms with E-state index in [0.29, 0.717) is 11.4 Å². The van der Waals surface area contributed by atoms with E-state index in [1.54, 1.807) is 7.05 Å². The molecule has 2 amide bonds. The van der Waals surface area contributed by atoms with Gasteiger partial charge in [0.05, 0.1) is 17.6 Å². The van der Waals surface area contributed by atoms with Crippen LogP contribution in [0.3, 0.4) is 0 Å². The Balaban J connectivity index is 2.57. The number of hydrogen-bond donors (Lipinski definition) is 2.